The molecule has 0 atom stereocenters. The molecular formula is C14H15ClN4OS2. The highest BCUT2D eigenvalue weighted by Gasteiger charge is 2.23. The van der Waals surface area contributed by atoms with Crippen molar-refractivity contribution < 1.29 is 4.79 Å². The Hall–Kier alpha value is -1.31. The Balaban J connectivity index is 1.75. The van der Waals surface area contributed by atoms with E-state index >= 15 is 0 Å². The zero-order valence-electron chi connectivity index (χ0n) is 12.0. The molecule has 1 fully saturated rings. The average Bonchev–Trinajstić information content (AvgIpc) is 2.90. The molecular weight excluding hydrogens is 340 g/mol. The predicted molar refractivity (Wildman–Crippen MR) is 92.6 cm³/mol. The van der Waals surface area contributed by atoms with Gasteiger partial charge in [0.15, 0.2) is 5.13 Å². The number of halogens is 1. The number of nitrogens with one attached hydrogen (secondary N) is 1. The Labute approximate surface area is 142 Å². The highest BCUT2D eigenvalue weighted by Crippen LogP contribution is 2.27. The van der Waals surface area contributed by atoms with E-state index in [0.29, 0.717) is 20.8 Å². The van der Waals surface area contributed by atoms with Gasteiger partial charge in [-0.05, 0) is 19.1 Å². The van der Waals surface area contributed by atoms with E-state index in [9.17, 15) is 4.79 Å². The number of carbonyl (C=O) groups excluding carboxylic acids is 1. The molecule has 0 aliphatic carbocycles. The zero-order valence-corrected chi connectivity index (χ0v) is 14.4. The Morgan fingerprint density at radius 1 is 1.36 bits per heavy atom. The minimum absolute atomic E-state index is 0.0763. The van der Waals surface area contributed by atoms with Crippen molar-refractivity contribution in [1.29, 1.82) is 0 Å². The van der Waals surface area contributed by atoms with Gasteiger partial charge < -0.3 is 10.2 Å². The van der Waals surface area contributed by atoms with Crippen LogP contribution in [0.25, 0.3) is 0 Å². The summed E-state index contributed by atoms with van der Waals surface area (Å²) in [5, 5.41) is 4.36. The quantitative estimate of drug-likeness (QED) is 0.915. The number of aromatic nitrogens is 2. The molecule has 2 aromatic rings. The summed E-state index contributed by atoms with van der Waals surface area (Å²) < 4.78 is 0. The van der Waals surface area contributed by atoms with Gasteiger partial charge in [-0.1, -0.05) is 22.9 Å². The number of thiazole rings is 1. The first kappa shape index (κ1) is 15.6. The van der Waals surface area contributed by atoms with Gasteiger partial charge in [-0.15, -0.1) is 0 Å². The van der Waals surface area contributed by atoms with E-state index in [1.807, 2.05) is 23.6 Å². The fourth-order valence-electron chi connectivity index (χ4n) is 2.12. The zero-order chi connectivity index (χ0) is 15.5. The molecule has 116 valence electrons. The van der Waals surface area contributed by atoms with Crippen molar-refractivity contribution in [2.45, 2.75) is 6.92 Å². The van der Waals surface area contributed by atoms with Crippen LogP contribution in [0.3, 0.4) is 0 Å². The first-order chi connectivity index (χ1) is 10.6. The summed E-state index contributed by atoms with van der Waals surface area (Å²) in [6.45, 7) is 3.48. The third kappa shape index (κ3) is 3.53. The fraction of sp³-hybridized carbons (Fsp3) is 0.357. The van der Waals surface area contributed by atoms with E-state index in [1.165, 1.54) is 11.3 Å². The molecule has 0 spiro atoms. The second-order valence-electron chi connectivity index (χ2n) is 4.82. The minimum Gasteiger partial charge on any atom is -0.336 e. The summed E-state index contributed by atoms with van der Waals surface area (Å²) >= 11 is 9.07. The molecule has 0 unspecified atom stereocenters. The average molecular weight is 355 g/mol. The van der Waals surface area contributed by atoms with Gasteiger partial charge in [0.25, 0.3) is 5.91 Å². The van der Waals surface area contributed by atoms with Crippen LogP contribution in [0.5, 0.6) is 0 Å². The second-order valence-corrected chi connectivity index (χ2v) is 7.49. The predicted octanol–water partition coefficient (Wildman–Crippen LogP) is 3.43. The largest absolute Gasteiger partial charge is 0.336 e. The van der Waals surface area contributed by atoms with Crippen molar-refractivity contribution in [1.82, 2.24) is 14.9 Å². The maximum absolute atomic E-state index is 12.6. The summed E-state index contributed by atoms with van der Waals surface area (Å²) in [4.78, 5) is 23.8. The van der Waals surface area contributed by atoms with E-state index in [-0.39, 0.29) is 5.91 Å². The van der Waals surface area contributed by atoms with Crippen LogP contribution < -0.4 is 5.32 Å². The highest BCUT2D eigenvalue weighted by molar-refractivity contribution is 7.99. The van der Waals surface area contributed by atoms with Crippen LogP contribution in [0.2, 0.25) is 5.02 Å². The van der Waals surface area contributed by atoms with Crippen LogP contribution >= 0.6 is 34.7 Å². The molecule has 22 heavy (non-hydrogen) atoms. The number of carbonyl (C=O) groups is 1. The maximum Gasteiger partial charge on any atom is 0.265 e. The molecule has 1 saturated heterocycles. The van der Waals surface area contributed by atoms with E-state index in [1.54, 1.807) is 18.3 Å². The van der Waals surface area contributed by atoms with E-state index in [0.717, 1.165) is 30.3 Å². The second kappa shape index (κ2) is 6.85. The molecule has 1 amide bonds. The van der Waals surface area contributed by atoms with Gasteiger partial charge in [-0.2, -0.15) is 11.8 Å². The van der Waals surface area contributed by atoms with Gasteiger partial charge in [-0.25, -0.2) is 9.97 Å². The Kier molecular flexibility index (Phi) is 4.85. The fourth-order valence-corrected chi connectivity index (χ4v) is 4.07. The third-order valence-electron chi connectivity index (χ3n) is 3.25. The van der Waals surface area contributed by atoms with Gasteiger partial charge in [0, 0.05) is 30.8 Å². The smallest absolute Gasteiger partial charge is 0.265 e. The van der Waals surface area contributed by atoms with Crippen LogP contribution in [-0.4, -0.2) is 45.4 Å². The van der Waals surface area contributed by atoms with Gasteiger partial charge >= 0.3 is 0 Å². The van der Waals surface area contributed by atoms with Crippen LogP contribution in [0.15, 0.2) is 18.3 Å². The SMILES string of the molecule is Cc1nc(Nc2ccc(Cl)cn2)sc1C(=O)N1CCSCC1. The van der Waals surface area contributed by atoms with Crippen molar-refractivity contribution in [2.24, 2.45) is 0 Å². The molecule has 2 aromatic heterocycles. The van der Waals surface area contributed by atoms with Crippen molar-refractivity contribution in [3.8, 4) is 0 Å². The van der Waals surface area contributed by atoms with Crippen LogP contribution in [0.4, 0.5) is 10.9 Å². The lowest BCUT2D eigenvalue weighted by atomic mass is 10.3. The standard InChI is InChI=1S/C14H15ClN4OS2/c1-9-12(13(20)19-4-6-21-7-5-19)22-14(17-9)18-11-3-2-10(15)8-16-11/h2-3,8H,4-7H2,1H3,(H,16,17,18). The summed E-state index contributed by atoms with van der Waals surface area (Å²) in [6, 6.07) is 3.54. The molecule has 5 nitrogen and oxygen atoms in total. The van der Waals surface area contributed by atoms with Crippen molar-refractivity contribution >= 4 is 51.6 Å². The number of rotatable bonds is 3. The molecule has 0 radical (unpaired) electrons. The number of hydrogen-bond donors (Lipinski definition) is 1. The first-order valence-electron chi connectivity index (χ1n) is 6.86. The topological polar surface area (TPSA) is 58.1 Å². The van der Waals surface area contributed by atoms with E-state index in [2.05, 4.69) is 15.3 Å². The number of pyridine rings is 1. The highest BCUT2D eigenvalue weighted by atomic mass is 35.5. The lowest BCUT2D eigenvalue weighted by molar-refractivity contribution is 0.0776. The lowest BCUT2D eigenvalue weighted by Crippen LogP contribution is -2.37. The molecule has 3 rings (SSSR count). The molecule has 3 heterocycles. The number of nitrogens with zero attached hydrogens (tertiary/aromatic N) is 3. The molecule has 1 aliphatic heterocycles. The van der Waals surface area contributed by atoms with Crippen LogP contribution in [0.1, 0.15) is 15.4 Å². The monoisotopic (exact) mass is 354 g/mol. The van der Waals surface area contributed by atoms with Crippen molar-refractivity contribution in [3.63, 3.8) is 0 Å². The molecule has 0 bridgehead atoms. The summed E-state index contributed by atoms with van der Waals surface area (Å²) in [5.74, 6) is 2.74. The summed E-state index contributed by atoms with van der Waals surface area (Å²) in [5.41, 5.74) is 0.754. The molecule has 1 N–H and O–H groups in total. The van der Waals surface area contributed by atoms with E-state index in [4.69, 9.17) is 11.6 Å². The molecule has 0 aromatic carbocycles. The van der Waals surface area contributed by atoms with E-state index < -0.39 is 0 Å². The number of aryl methyl sites for hydroxylation is 1. The number of anilines is 2. The van der Waals surface area contributed by atoms with Gasteiger partial charge in [0.1, 0.15) is 10.7 Å². The van der Waals surface area contributed by atoms with Gasteiger partial charge in [0.05, 0.1) is 10.7 Å². The third-order valence-corrected chi connectivity index (χ3v) is 5.48. The molecule has 0 saturated carbocycles. The summed E-state index contributed by atoms with van der Waals surface area (Å²) in [6.07, 6.45) is 1.57. The van der Waals surface area contributed by atoms with Crippen molar-refractivity contribution in [2.75, 3.05) is 29.9 Å². The normalized spacial score (nSPS) is 14.9. The molecule has 8 heteroatoms. The Morgan fingerprint density at radius 2 is 2.14 bits per heavy atom. The first-order valence-corrected chi connectivity index (χ1v) is 9.21. The van der Waals surface area contributed by atoms with Gasteiger partial charge in [-0.3, -0.25) is 4.79 Å². The minimum atomic E-state index is 0.0763. The Bertz CT molecular complexity index is 668. The van der Waals surface area contributed by atoms with Crippen LogP contribution in [0, 0.1) is 6.92 Å². The van der Waals surface area contributed by atoms with Crippen molar-refractivity contribution in [3.05, 3.63) is 33.9 Å². The van der Waals surface area contributed by atoms with Crippen LogP contribution in [-0.2, 0) is 0 Å². The number of amides is 1. The summed E-state index contributed by atoms with van der Waals surface area (Å²) in [7, 11) is 0. The lowest BCUT2D eigenvalue weighted by Gasteiger charge is -2.25. The molecule has 1 aliphatic rings. The number of hydrogen-bond acceptors (Lipinski definition) is 6. The van der Waals surface area contributed by atoms with Gasteiger partial charge in [0.2, 0.25) is 0 Å². The Morgan fingerprint density at radius 3 is 2.82 bits per heavy atom. The maximum atomic E-state index is 12.6. The number of thioether (sulfide) groups is 1.